The molecule has 2 nitrogen and oxygen atoms in total. The molecule has 0 saturated heterocycles. The number of fused-ring (bicyclic) bond motifs is 1. The second-order valence-corrected chi connectivity index (χ2v) is 6.32. The molecule has 3 heteroatoms. The van der Waals surface area contributed by atoms with Crippen LogP contribution in [0.4, 0.5) is 0 Å². The van der Waals surface area contributed by atoms with Gasteiger partial charge in [-0.05, 0) is 37.0 Å². The van der Waals surface area contributed by atoms with Crippen LogP contribution in [0.5, 0.6) is 0 Å². The fourth-order valence-corrected chi connectivity index (χ4v) is 3.67. The normalized spacial score (nSPS) is 32.4. The zero-order valence-electron chi connectivity index (χ0n) is 10.9. The molecular formula is C14H24ClNO. The number of rotatable bonds is 6. The van der Waals surface area contributed by atoms with Gasteiger partial charge in [0.05, 0.1) is 5.38 Å². The Kier molecular flexibility index (Phi) is 4.35. The van der Waals surface area contributed by atoms with Crippen molar-refractivity contribution in [3.05, 3.63) is 0 Å². The molecule has 2 aliphatic carbocycles. The van der Waals surface area contributed by atoms with Crippen LogP contribution in [0.1, 0.15) is 46.0 Å². The Morgan fingerprint density at radius 2 is 1.82 bits per heavy atom. The zero-order chi connectivity index (χ0) is 12.4. The van der Waals surface area contributed by atoms with Crippen LogP contribution in [-0.2, 0) is 4.79 Å². The highest BCUT2D eigenvalue weighted by Crippen LogP contribution is 2.54. The molecule has 0 aliphatic heterocycles. The second kappa shape index (κ2) is 5.60. The van der Waals surface area contributed by atoms with E-state index in [2.05, 4.69) is 19.2 Å². The van der Waals surface area contributed by atoms with Gasteiger partial charge in [-0.1, -0.05) is 26.7 Å². The molecule has 0 radical (unpaired) electrons. The molecule has 98 valence electrons. The first-order valence-electron chi connectivity index (χ1n) is 7.07. The summed E-state index contributed by atoms with van der Waals surface area (Å²) >= 11 is 6.32. The highest BCUT2D eigenvalue weighted by molar-refractivity contribution is 6.21. The van der Waals surface area contributed by atoms with Crippen LogP contribution in [-0.4, -0.2) is 17.8 Å². The van der Waals surface area contributed by atoms with E-state index >= 15 is 0 Å². The van der Waals surface area contributed by atoms with Crippen molar-refractivity contribution in [1.29, 1.82) is 0 Å². The van der Waals surface area contributed by atoms with Gasteiger partial charge in [-0.3, -0.25) is 4.79 Å². The Balaban J connectivity index is 1.68. The van der Waals surface area contributed by atoms with Crippen molar-refractivity contribution in [2.75, 3.05) is 6.54 Å². The van der Waals surface area contributed by atoms with Gasteiger partial charge in [-0.25, -0.2) is 0 Å². The Morgan fingerprint density at radius 3 is 2.35 bits per heavy atom. The van der Waals surface area contributed by atoms with Crippen molar-refractivity contribution in [2.24, 2.45) is 23.7 Å². The minimum absolute atomic E-state index is 0.0879. The summed E-state index contributed by atoms with van der Waals surface area (Å²) in [5.74, 6) is 2.79. The van der Waals surface area contributed by atoms with E-state index in [9.17, 15) is 4.79 Å². The number of carbonyl (C=O) groups excluding carboxylic acids is 1. The molecule has 0 spiro atoms. The molecular weight excluding hydrogens is 234 g/mol. The van der Waals surface area contributed by atoms with Crippen molar-refractivity contribution in [2.45, 2.75) is 51.3 Å². The van der Waals surface area contributed by atoms with Gasteiger partial charge in [-0.15, -0.1) is 11.6 Å². The van der Waals surface area contributed by atoms with E-state index in [0.717, 1.165) is 37.5 Å². The van der Waals surface area contributed by atoms with Gasteiger partial charge >= 0.3 is 0 Å². The van der Waals surface area contributed by atoms with E-state index in [4.69, 9.17) is 11.6 Å². The predicted molar refractivity (Wildman–Crippen MR) is 71.0 cm³/mol. The maximum absolute atomic E-state index is 11.9. The highest BCUT2D eigenvalue weighted by atomic mass is 35.5. The quantitative estimate of drug-likeness (QED) is 0.728. The summed E-state index contributed by atoms with van der Waals surface area (Å²) in [6, 6.07) is 0. The average Bonchev–Trinajstić information content (AvgIpc) is 2.94. The van der Waals surface area contributed by atoms with Crippen molar-refractivity contribution in [1.82, 2.24) is 5.32 Å². The molecule has 1 amide bonds. The van der Waals surface area contributed by atoms with Gasteiger partial charge in [0.1, 0.15) is 0 Å². The Labute approximate surface area is 109 Å². The Hall–Kier alpha value is -0.240. The van der Waals surface area contributed by atoms with Gasteiger partial charge in [0.2, 0.25) is 5.91 Å². The Morgan fingerprint density at radius 1 is 1.24 bits per heavy atom. The number of amides is 1. The van der Waals surface area contributed by atoms with Crippen molar-refractivity contribution >= 4 is 17.5 Å². The van der Waals surface area contributed by atoms with Crippen molar-refractivity contribution < 1.29 is 4.79 Å². The molecule has 2 aliphatic rings. The lowest BCUT2D eigenvalue weighted by molar-refractivity contribution is -0.125. The number of hydrogen-bond acceptors (Lipinski definition) is 1. The van der Waals surface area contributed by atoms with Gasteiger partial charge in [-0.2, -0.15) is 0 Å². The van der Waals surface area contributed by atoms with Crippen LogP contribution >= 0.6 is 11.6 Å². The fourth-order valence-electron chi connectivity index (χ4n) is 3.24. The Bertz CT molecular complexity index is 267. The molecule has 1 N–H and O–H groups in total. The number of hydrogen-bond donors (Lipinski definition) is 1. The first-order valence-corrected chi connectivity index (χ1v) is 7.51. The van der Waals surface area contributed by atoms with E-state index in [1.54, 1.807) is 0 Å². The number of alkyl halides is 1. The van der Waals surface area contributed by atoms with Crippen LogP contribution in [0.15, 0.2) is 0 Å². The van der Waals surface area contributed by atoms with Crippen LogP contribution < -0.4 is 5.32 Å². The SMILES string of the molecule is CCC(CC)C(Cl)CNC(=O)C1CC2CC2C1. The fraction of sp³-hybridized carbons (Fsp3) is 0.929. The summed E-state index contributed by atoms with van der Waals surface area (Å²) < 4.78 is 0. The maximum Gasteiger partial charge on any atom is 0.223 e. The summed E-state index contributed by atoms with van der Waals surface area (Å²) in [6.45, 7) is 4.96. The summed E-state index contributed by atoms with van der Waals surface area (Å²) in [5.41, 5.74) is 0. The standard InChI is InChI=1S/C14H24ClNO/c1-3-9(4-2)13(15)8-16-14(17)12-6-10-5-11(10)7-12/h9-13H,3-8H2,1-2H3,(H,16,17). The minimum atomic E-state index is 0.0879. The second-order valence-electron chi connectivity index (χ2n) is 5.76. The monoisotopic (exact) mass is 257 g/mol. The summed E-state index contributed by atoms with van der Waals surface area (Å²) in [7, 11) is 0. The minimum Gasteiger partial charge on any atom is -0.354 e. The molecule has 2 saturated carbocycles. The van der Waals surface area contributed by atoms with E-state index in [1.807, 2.05) is 0 Å². The van der Waals surface area contributed by atoms with E-state index in [1.165, 1.54) is 6.42 Å². The molecule has 0 aromatic rings. The lowest BCUT2D eigenvalue weighted by Crippen LogP contribution is -2.36. The van der Waals surface area contributed by atoms with Gasteiger partial charge in [0, 0.05) is 12.5 Å². The van der Waals surface area contributed by atoms with E-state index in [-0.39, 0.29) is 17.2 Å². The van der Waals surface area contributed by atoms with Crippen LogP contribution in [0.25, 0.3) is 0 Å². The lowest BCUT2D eigenvalue weighted by atomic mass is 9.98. The topological polar surface area (TPSA) is 29.1 Å². The summed E-state index contributed by atoms with van der Waals surface area (Å²) in [6.07, 6.45) is 5.79. The number of nitrogens with one attached hydrogen (secondary N) is 1. The molecule has 0 aromatic heterocycles. The third kappa shape index (κ3) is 3.15. The van der Waals surface area contributed by atoms with Crippen LogP contribution in [0.2, 0.25) is 0 Å². The first kappa shape index (κ1) is 13.2. The molecule has 3 atom stereocenters. The van der Waals surface area contributed by atoms with Gasteiger partial charge in [0.15, 0.2) is 0 Å². The van der Waals surface area contributed by atoms with E-state index < -0.39 is 0 Å². The molecule has 17 heavy (non-hydrogen) atoms. The number of halogens is 1. The molecule has 2 fully saturated rings. The first-order chi connectivity index (χ1) is 8.15. The molecule has 0 bridgehead atoms. The molecule has 0 aromatic carbocycles. The smallest absolute Gasteiger partial charge is 0.223 e. The molecule has 3 unspecified atom stereocenters. The van der Waals surface area contributed by atoms with Gasteiger partial charge in [0.25, 0.3) is 0 Å². The third-order valence-corrected chi connectivity index (χ3v) is 5.16. The van der Waals surface area contributed by atoms with Crippen molar-refractivity contribution in [3.63, 3.8) is 0 Å². The highest BCUT2D eigenvalue weighted by Gasteiger charge is 2.47. The largest absolute Gasteiger partial charge is 0.354 e. The molecule has 0 heterocycles. The summed E-state index contributed by atoms with van der Waals surface area (Å²) in [4.78, 5) is 11.9. The number of carbonyl (C=O) groups is 1. The molecule has 2 rings (SSSR count). The summed E-state index contributed by atoms with van der Waals surface area (Å²) in [5, 5.41) is 3.13. The predicted octanol–water partition coefficient (Wildman–Crippen LogP) is 3.19. The lowest BCUT2D eigenvalue weighted by Gasteiger charge is -2.20. The van der Waals surface area contributed by atoms with E-state index in [0.29, 0.717) is 12.5 Å². The third-order valence-electron chi connectivity index (χ3n) is 4.65. The van der Waals surface area contributed by atoms with Crippen molar-refractivity contribution in [3.8, 4) is 0 Å². The average molecular weight is 258 g/mol. The van der Waals surface area contributed by atoms with Crippen LogP contribution in [0.3, 0.4) is 0 Å². The van der Waals surface area contributed by atoms with Crippen LogP contribution in [0, 0.1) is 23.7 Å². The maximum atomic E-state index is 11.9. The van der Waals surface area contributed by atoms with Gasteiger partial charge < -0.3 is 5.32 Å². The zero-order valence-corrected chi connectivity index (χ0v) is 11.7.